The first-order valence-corrected chi connectivity index (χ1v) is 3.22. The molecule has 0 aliphatic carbocycles. The maximum Gasteiger partial charge on any atom is 0.0581 e. The molecule has 0 bridgehead atoms. The van der Waals surface area contributed by atoms with Gasteiger partial charge >= 0.3 is 0 Å². The van der Waals surface area contributed by atoms with E-state index in [1.807, 2.05) is 0 Å². The van der Waals surface area contributed by atoms with Gasteiger partial charge in [0, 0.05) is 5.23 Å². The number of hydrogen-bond acceptors (Lipinski definition) is 4. The van der Waals surface area contributed by atoms with Gasteiger partial charge in [0.05, 0.1) is 6.54 Å². The molecule has 0 atom stereocenters. The zero-order valence-corrected chi connectivity index (χ0v) is 5.50. The SMILES string of the molecule is CCCCCN1OOO1. The van der Waals surface area contributed by atoms with E-state index in [4.69, 9.17) is 0 Å². The summed E-state index contributed by atoms with van der Waals surface area (Å²) in [6.07, 6.45) is 3.48. The zero-order valence-electron chi connectivity index (χ0n) is 5.50. The Labute approximate surface area is 54.1 Å². The highest BCUT2D eigenvalue weighted by molar-refractivity contribution is 4.37. The second kappa shape index (κ2) is 3.79. The van der Waals surface area contributed by atoms with E-state index in [0.29, 0.717) is 0 Å². The minimum absolute atomic E-state index is 0.786. The first kappa shape index (κ1) is 6.95. The van der Waals surface area contributed by atoms with E-state index >= 15 is 0 Å². The Morgan fingerprint density at radius 2 is 2.00 bits per heavy atom. The third kappa shape index (κ3) is 2.28. The van der Waals surface area contributed by atoms with Crippen molar-refractivity contribution in [2.45, 2.75) is 26.2 Å². The molecule has 1 heterocycles. The van der Waals surface area contributed by atoms with Crippen LogP contribution in [-0.2, 0) is 15.0 Å². The molecule has 0 aromatic rings. The Bertz CT molecular complexity index is 74.6. The van der Waals surface area contributed by atoms with Crippen LogP contribution in [0.3, 0.4) is 0 Å². The van der Waals surface area contributed by atoms with Crippen LogP contribution in [0.4, 0.5) is 0 Å². The van der Waals surface area contributed by atoms with E-state index in [2.05, 4.69) is 21.9 Å². The quantitative estimate of drug-likeness (QED) is 0.426. The first-order valence-electron chi connectivity index (χ1n) is 3.22. The Morgan fingerprint density at radius 3 is 2.44 bits per heavy atom. The smallest absolute Gasteiger partial charge is 0.0581 e. The summed E-state index contributed by atoms with van der Waals surface area (Å²) < 4.78 is 0. The van der Waals surface area contributed by atoms with E-state index in [1.54, 1.807) is 0 Å². The molecule has 4 heteroatoms. The highest BCUT2D eigenvalue weighted by Gasteiger charge is 2.17. The van der Waals surface area contributed by atoms with Gasteiger partial charge in [-0.05, 0) is 11.5 Å². The molecule has 4 nitrogen and oxygen atoms in total. The van der Waals surface area contributed by atoms with Gasteiger partial charge < -0.3 is 0 Å². The molecular weight excluding hydrogens is 122 g/mol. The minimum Gasteiger partial charge on any atom is -0.0786 e. The lowest BCUT2D eigenvalue weighted by Crippen LogP contribution is -2.35. The van der Waals surface area contributed by atoms with Gasteiger partial charge in [-0.2, -0.15) is 0 Å². The van der Waals surface area contributed by atoms with E-state index < -0.39 is 0 Å². The fraction of sp³-hybridized carbons (Fsp3) is 1.00. The predicted octanol–water partition coefficient (Wildman–Crippen LogP) is 1.20. The van der Waals surface area contributed by atoms with E-state index in [0.717, 1.165) is 13.0 Å². The molecule has 1 fully saturated rings. The molecule has 1 aliphatic rings. The minimum atomic E-state index is 0.786. The summed E-state index contributed by atoms with van der Waals surface area (Å²) in [6.45, 7) is 2.93. The molecule has 0 aromatic heterocycles. The van der Waals surface area contributed by atoms with Gasteiger partial charge in [-0.1, -0.05) is 29.7 Å². The highest BCUT2D eigenvalue weighted by atomic mass is 17.7. The standard InChI is InChI=1S/C5H11NO3/c1-2-3-4-5-6-7-9-8-6/h2-5H2,1H3. The van der Waals surface area contributed by atoms with Crippen molar-refractivity contribution >= 4 is 0 Å². The topological polar surface area (TPSA) is 30.9 Å². The second-order valence-electron chi connectivity index (χ2n) is 1.98. The molecule has 0 spiro atoms. The molecule has 1 rings (SSSR count). The molecule has 0 N–H and O–H groups in total. The van der Waals surface area contributed by atoms with Crippen LogP contribution in [-0.4, -0.2) is 11.8 Å². The van der Waals surface area contributed by atoms with Crippen molar-refractivity contribution < 1.29 is 15.0 Å². The summed E-state index contributed by atoms with van der Waals surface area (Å²) in [7, 11) is 0. The summed E-state index contributed by atoms with van der Waals surface area (Å²) >= 11 is 0. The monoisotopic (exact) mass is 133 g/mol. The normalized spacial score (nSPS) is 19.7. The summed E-state index contributed by atoms with van der Waals surface area (Å²) in [5.41, 5.74) is 0. The van der Waals surface area contributed by atoms with Gasteiger partial charge in [-0.25, -0.2) is 0 Å². The van der Waals surface area contributed by atoms with Crippen molar-refractivity contribution in [3.63, 3.8) is 0 Å². The summed E-state index contributed by atoms with van der Waals surface area (Å²) in [4.78, 5) is 8.78. The van der Waals surface area contributed by atoms with Crippen molar-refractivity contribution in [2.75, 3.05) is 6.54 Å². The fourth-order valence-corrected chi connectivity index (χ4v) is 0.639. The van der Waals surface area contributed by atoms with E-state index in [1.165, 1.54) is 18.1 Å². The Balaban J connectivity index is 1.80. The van der Waals surface area contributed by atoms with Gasteiger partial charge in [-0.15, -0.1) is 0 Å². The lowest BCUT2D eigenvalue weighted by Gasteiger charge is -2.22. The van der Waals surface area contributed by atoms with Gasteiger partial charge in [-0.3, -0.25) is 0 Å². The maximum atomic E-state index is 4.39. The third-order valence-corrected chi connectivity index (χ3v) is 1.17. The molecule has 0 unspecified atom stereocenters. The first-order chi connectivity index (χ1) is 4.43. The molecule has 0 saturated carbocycles. The van der Waals surface area contributed by atoms with Crippen LogP contribution in [0.2, 0.25) is 0 Å². The van der Waals surface area contributed by atoms with Crippen LogP contribution in [0.1, 0.15) is 26.2 Å². The molecular formula is C5H11NO3. The Kier molecular flexibility index (Phi) is 2.93. The number of hydroxylamine groups is 2. The molecule has 0 aromatic carbocycles. The van der Waals surface area contributed by atoms with E-state index in [9.17, 15) is 0 Å². The van der Waals surface area contributed by atoms with Gasteiger partial charge in [0.15, 0.2) is 0 Å². The fourth-order valence-electron chi connectivity index (χ4n) is 0.639. The summed E-state index contributed by atoms with van der Waals surface area (Å²) in [5.74, 6) is 0. The van der Waals surface area contributed by atoms with Crippen molar-refractivity contribution in [2.24, 2.45) is 0 Å². The number of hydrogen-bond donors (Lipinski definition) is 0. The number of unbranched alkanes of at least 4 members (excludes halogenated alkanes) is 2. The third-order valence-electron chi connectivity index (χ3n) is 1.17. The molecule has 1 aliphatic heterocycles. The average Bonchev–Trinajstić information content (AvgIpc) is 1.76. The van der Waals surface area contributed by atoms with Crippen LogP contribution >= 0.6 is 0 Å². The summed E-state index contributed by atoms with van der Waals surface area (Å²) in [6, 6.07) is 0. The molecule has 1 saturated heterocycles. The molecule has 54 valence electrons. The Morgan fingerprint density at radius 1 is 1.22 bits per heavy atom. The number of nitrogens with zero attached hydrogens (tertiary/aromatic N) is 1. The van der Waals surface area contributed by atoms with Crippen LogP contribution in [0.15, 0.2) is 0 Å². The Hall–Kier alpha value is -0.160. The second-order valence-corrected chi connectivity index (χ2v) is 1.98. The van der Waals surface area contributed by atoms with Crippen molar-refractivity contribution in [1.82, 2.24) is 5.23 Å². The lowest BCUT2D eigenvalue weighted by atomic mass is 10.2. The van der Waals surface area contributed by atoms with Crippen LogP contribution < -0.4 is 0 Å². The van der Waals surface area contributed by atoms with Crippen molar-refractivity contribution in [3.05, 3.63) is 0 Å². The van der Waals surface area contributed by atoms with Crippen molar-refractivity contribution in [1.29, 1.82) is 0 Å². The largest absolute Gasteiger partial charge is 0.0786 e. The molecule has 9 heavy (non-hydrogen) atoms. The predicted molar refractivity (Wildman–Crippen MR) is 29.5 cm³/mol. The lowest BCUT2D eigenvalue weighted by molar-refractivity contribution is -0.817. The van der Waals surface area contributed by atoms with Crippen LogP contribution in [0, 0.1) is 0 Å². The summed E-state index contributed by atoms with van der Waals surface area (Å²) in [5, 5.41) is 5.31. The van der Waals surface area contributed by atoms with Gasteiger partial charge in [0.1, 0.15) is 0 Å². The number of rotatable bonds is 4. The van der Waals surface area contributed by atoms with Crippen LogP contribution in [0.5, 0.6) is 0 Å². The van der Waals surface area contributed by atoms with Gasteiger partial charge in [0.25, 0.3) is 0 Å². The van der Waals surface area contributed by atoms with Gasteiger partial charge in [0.2, 0.25) is 0 Å². The molecule has 0 amide bonds. The van der Waals surface area contributed by atoms with E-state index in [-0.39, 0.29) is 0 Å². The molecule has 0 radical (unpaired) electrons. The van der Waals surface area contributed by atoms with Crippen LogP contribution in [0.25, 0.3) is 0 Å². The maximum absolute atomic E-state index is 4.39. The highest BCUT2D eigenvalue weighted by Crippen LogP contribution is 2.08. The van der Waals surface area contributed by atoms with Crippen molar-refractivity contribution in [3.8, 4) is 0 Å². The zero-order chi connectivity index (χ0) is 6.53. The average molecular weight is 133 g/mol.